The molecule has 0 spiro atoms. The third-order valence-electron chi connectivity index (χ3n) is 4.95. The Balaban J connectivity index is 1.64. The lowest BCUT2D eigenvalue weighted by atomic mass is 9.90. The van der Waals surface area contributed by atoms with Crippen molar-refractivity contribution >= 4 is 5.91 Å². The van der Waals surface area contributed by atoms with Crippen LogP contribution in [0.25, 0.3) is 0 Å². The van der Waals surface area contributed by atoms with Gasteiger partial charge < -0.3 is 15.0 Å². The average molecular weight is 316 g/mol. The van der Waals surface area contributed by atoms with Crippen molar-refractivity contribution in [3.05, 3.63) is 29.3 Å². The normalized spacial score (nSPS) is 24.2. The molecule has 4 heteroatoms. The molecular weight excluding hydrogens is 288 g/mol. The number of benzene rings is 1. The van der Waals surface area contributed by atoms with Crippen molar-refractivity contribution in [3.8, 4) is 5.75 Å². The minimum atomic E-state index is 0.194. The van der Waals surface area contributed by atoms with Crippen LogP contribution in [0, 0.1) is 5.92 Å². The van der Waals surface area contributed by atoms with Crippen molar-refractivity contribution in [2.45, 2.75) is 52.1 Å². The largest absolute Gasteiger partial charge is 0.494 e. The third-order valence-corrected chi connectivity index (χ3v) is 4.95. The molecule has 0 aliphatic carbocycles. The number of ether oxygens (including phenoxy) is 1. The van der Waals surface area contributed by atoms with Gasteiger partial charge in [-0.2, -0.15) is 0 Å². The summed E-state index contributed by atoms with van der Waals surface area (Å²) in [5.74, 6) is 1.49. The monoisotopic (exact) mass is 316 g/mol. The lowest BCUT2D eigenvalue weighted by Crippen LogP contribution is -2.45. The maximum atomic E-state index is 12.8. The molecule has 1 saturated heterocycles. The van der Waals surface area contributed by atoms with E-state index in [0.717, 1.165) is 57.7 Å². The van der Waals surface area contributed by atoms with Crippen LogP contribution in [-0.4, -0.2) is 36.5 Å². The number of nitrogens with zero attached hydrogens (tertiary/aromatic N) is 1. The van der Waals surface area contributed by atoms with E-state index in [1.165, 1.54) is 11.1 Å². The number of nitrogens with one attached hydrogen (secondary N) is 1. The first-order valence-electron chi connectivity index (χ1n) is 8.94. The van der Waals surface area contributed by atoms with Gasteiger partial charge in [-0.25, -0.2) is 0 Å². The first-order chi connectivity index (χ1) is 11.2. The summed E-state index contributed by atoms with van der Waals surface area (Å²) >= 11 is 0. The van der Waals surface area contributed by atoms with Crippen LogP contribution in [0.2, 0.25) is 0 Å². The van der Waals surface area contributed by atoms with Crippen LogP contribution in [0.1, 0.15) is 44.2 Å². The fourth-order valence-electron chi connectivity index (χ4n) is 3.64. The highest BCUT2D eigenvalue weighted by Gasteiger charge is 2.30. The Bertz CT molecular complexity index is 558. The number of rotatable bonds is 4. The van der Waals surface area contributed by atoms with Crippen molar-refractivity contribution < 1.29 is 9.53 Å². The Morgan fingerprint density at radius 1 is 1.39 bits per heavy atom. The summed E-state index contributed by atoms with van der Waals surface area (Å²) in [6.07, 6.45) is 3.89. The molecule has 0 bridgehead atoms. The van der Waals surface area contributed by atoms with Crippen LogP contribution in [0.5, 0.6) is 5.75 Å². The maximum Gasteiger partial charge on any atom is 0.226 e. The van der Waals surface area contributed by atoms with E-state index in [1.54, 1.807) is 0 Å². The molecule has 1 N–H and O–H groups in total. The van der Waals surface area contributed by atoms with Gasteiger partial charge in [-0.3, -0.25) is 4.79 Å². The molecule has 3 rings (SSSR count). The molecule has 0 aromatic heterocycles. The molecule has 1 aromatic rings. The smallest absolute Gasteiger partial charge is 0.226 e. The Kier molecular flexibility index (Phi) is 5.21. The standard InChI is InChI=1S/C19H28N2O2/c1-3-10-23-18-5-4-17-13-21(9-7-15(17)12-18)19(22)16-6-8-20-14(2)11-16/h4-5,12,14,16,20H,3,6-11,13H2,1-2H3/t14-,16-/m0/s1. The molecule has 1 aromatic carbocycles. The second kappa shape index (κ2) is 7.35. The zero-order valence-corrected chi connectivity index (χ0v) is 14.3. The Hall–Kier alpha value is -1.55. The fraction of sp³-hybridized carbons (Fsp3) is 0.632. The highest BCUT2D eigenvalue weighted by Crippen LogP contribution is 2.27. The minimum Gasteiger partial charge on any atom is -0.494 e. The number of piperidine rings is 1. The molecule has 126 valence electrons. The highest BCUT2D eigenvalue weighted by molar-refractivity contribution is 5.79. The van der Waals surface area contributed by atoms with Crippen LogP contribution in [0.3, 0.4) is 0 Å². The summed E-state index contributed by atoms with van der Waals surface area (Å²) in [6, 6.07) is 6.77. The predicted octanol–water partition coefficient (Wildman–Crippen LogP) is 2.75. The lowest BCUT2D eigenvalue weighted by Gasteiger charge is -2.35. The number of fused-ring (bicyclic) bond motifs is 1. The van der Waals surface area contributed by atoms with Gasteiger partial charge in [0.1, 0.15) is 5.75 Å². The molecule has 4 nitrogen and oxygen atoms in total. The second-order valence-corrected chi connectivity index (χ2v) is 6.87. The van der Waals surface area contributed by atoms with E-state index in [-0.39, 0.29) is 5.92 Å². The molecule has 1 fully saturated rings. The van der Waals surface area contributed by atoms with Crippen molar-refractivity contribution in [1.29, 1.82) is 0 Å². The van der Waals surface area contributed by atoms with E-state index in [0.29, 0.717) is 11.9 Å². The van der Waals surface area contributed by atoms with Gasteiger partial charge in [0.25, 0.3) is 0 Å². The molecule has 2 aliphatic heterocycles. The van der Waals surface area contributed by atoms with Crippen LogP contribution in [-0.2, 0) is 17.8 Å². The van der Waals surface area contributed by atoms with Gasteiger partial charge in [-0.05, 0) is 62.4 Å². The number of hydrogen-bond acceptors (Lipinski definition) is 3. The Morgan fingerprint density at radius 2 is 2.26 bits per heavy atom. The summed E-state index contributed by atoms with van der Waals surface area (Å²) < 4.78 is 5.72. The Labute approximate surface area is 139 Å². The van der Waals surface area contributed by atoms with Gasteiger partial charge in [0.15, 0.2) is 0 Å². The topological polar surface area (TPSA) is 41.6 Å². The Morgan fingerprint density at radius 3 is 3.04 bits per heavy atom. The molecule has 23 heavy (non-hydrogen) atoms. The molecule has 0 unspecified atom stereocenters. The van der Waals surface area contributed by atoms with E-state index in [4.69, 9.17) is 4.74 Å². The molecule has 0 saturated carbocycles. The average Bonchev–Trinajstić information content (AvgIpc) is 2.58. The number of carbonyl (C=O) groups excluding carboxylic acids is 1. The molecule has 2 heterocycles. The van der Waals surface area contributed by atoms with Crippen molar-refractivity contribution in [1.82, 2.24) is 10.2 Å². The van der Waals surface area contributed by atoms with E-state index in [2.05, 4.69) is 36.2 Å². The summed E-state index contributed by atoms with van der Waals surface area (Å²) in [5, 5.41) is 3.42. The summed E-state index contributed by atoms with van der Waals surface area (Å²) in [4.78, 5) is 14.8. The lowest BCUT2D eigenvalue weighted by molar-refractivity contribution is -0.137. The quantitative estimate of drug-likeness (QED) is 0.929. The highest BCUT2D eigenvalue weighted by atomic mass is 16.5. The molecule has 0 radical (unpaired) electrons. The number of carbonyl (C=O) groups is 1. The van der Waals surface area contributed by atoms with Gasteiger partial charge in [-0.15, -0.1) is 0 Å². The van der Waals surface area contributed by atoms with Gasteiger partial charge in [0.2, 0.25) is 5.91 Å². The maximum absolute atomic E-state index is 12.8. The van der Waals surface area contributed by atoms with Gasteiger partial charge in [-0.1, -0.05) is 13.0 Å². The fourth-order valence-corrected chi connectivity index (χ4v) is 3.64. The molecular formula is C19H28N2O2. The SMILES string of the molecule is CCCOc1ccc2c(c1)CCN(C(=O)[C@H]1CCN[C@@H](C)C1)C2. The minimum absolute atomic E-state index is 0.194. The van der Waals surface area contributed by atoms with Crippen LogP contribution in [0.15, 0.2) is 18.2 Å². The van der Waals surface area contributed by atoms with E-state index < -0.39 is 0 Å². The molecule has 1 amide bonds. The van der Waals surface area contributed by atoms with Crippen molar-refractivity contribution in [3.63, 3.8) is 0 Å². The van der Waals surface area contributed by atoms with Crippen LogP contribution in [0.4, 0.5) is 0 Å². The zero-order valence-electron chi connectivity index (χ0n) is 14.3. The molecule has 2 aliphatic rings. The predicted molar refractivity (Wildman–Crippen MR) is 91.5 cm³/mol. The summed E-state index contributed by atoms with van der Waals surface area (Å²) in [5.41, 5.74) is 2.61. The second-order valence-electron chi connectivity index (χ2n) is 6.87. The van der Waals surface area contributed by atoms with Crippen molar-refractivity contribution in [2.24, 2.45) is 5.92 Å². The summed E-state index contributed by atoms with van der Waals surface area (Å²) in [6.45, 7) is 7.59. The van der Waals surface area contributed by atoms with Gasteiger partial charge in [0, 0.05) is 25.0 Å². The van der Waals surface area contributed by atoms with Crippen LogP contribution >= 0.6 is 0 Å². The van der Waals surface area contributed by atoms with E-state index in [9.17, 15) is 4.79 Å². The van der Waals surface area contributed by atoms with Gasteiger partial charge >= 0.3 is 0 Å². The summed E-state index contributed by atoms with van der Waals surface area (Å²) in [7, 11) is 0. The van der Waals surface area contributed by atoms with E-state index in [1.807, 2.05) is 6.07 Å². The first kappa shape index (κ1) is 16.3. The number of amides is 1. The number of hydrogen-bond donors (Lipinski definition) is 1. The zero-order chi connectivity index (χ0) is 16.2. The van der Waals surface area contributed by atoms with Crippen LogP contribution < -0.4 is 10.1 Å². The van der Waals surface area contributed by atoms with E-state index >= 15 is 0 Å². The van der Waals surface area contributed by atoms with Gasteiger partial charge in [0.05, 0.1) is 6.61 Å². The third kappa shape index (κ3) is 3.86. The first-order valence-corrected chi connectivity index (χ1v) is 8.94. The van der Waals surface area contributed by atoms with Crippen molar-refractivity contribution in [2.75, 3.05) is 19.7 Å². The molecule has 2 atom stereocenters.